The van der Waals surface area contributed by atoms with Crippen molar-refractivity contribution in [3.63, 3.8) is 0 Å². The molecular formula is C13H21N3O4S. The molecule has 7 nitrogen and oxygen atoms in total. The number of nitrogens with two attached hydrogens (primary N) is 2. The van der Waals surface area contributed by atoms with Gasteiger partial charge >= 0.3 is 0 Å². The Morgan fingerprint density at radius 2 is 2.10 bits per heavy atom. The lowest BCUT2D eigenvalue weighted by atomic mass is 10.1. The van der Waals surface area contributed by atoms with Crippen molar-refractivity contribution in [3.8, 4) is 0 Å². The van der Waals surface area contributed by atoms with E-state index in [1.165, 1.54) is 13.2 Å². The summed E-state index contributed by atoms with van der Waals surface area (Å²) in [6.45, 7) is 2.05. The summed E-state index contributed by atoms with van der Waals surface area (Å²) in [5.74, 6) is -0.308. The average molecular weight is 315 g/mol. The Morgan fingerprint density at radius 3 is 2.57 bits per heavy atom. The molecule has 0 saturated heterocycles. The first-order chi connectivity index (χ1) is 9.81. The monoisotopic (exact) mass is 315 g/mol. The third kappa shape index (κ3) is 5.09. The Labute approximate surface area is 124 Å². The molecule has 0 bridgehead atoms. The van der Waals surface area contributed by atoms with Crippen LogP contribution in [0.25, 0.3) is 0 Å². The van der Waals surface area contributed by atoms with E-state index in [1.54, 1.807) is 12.1 Å². The smallest absolute Gasteiger partial charge is 0.238 e. The van der Waals surface area contributed by atoms with Crippen LogP contribution in [0.3, 0.4) is 0 Å². The van der Waals surface area contributed by atoms with Crippen LogP contribution >= 0.6 is 0 Å². The first-order valence-electron chi connectivity index (χ1n) is 6.50. The molecule has 8 heteroatoms. The van der Waals surface area contributed by atoms with Gasteiger partial charge in [0, 0.05) is 19.3 Å². The van der Waals surface area contributed by atoms with Gasteiger partial charge in [0.25, 0.3) is 0 Å². The lowest BCUT2D eigenvalue weighted by Gasteiger charge is -2.14. The molecule has 1 aromatic carbocycles. The van der Waals surface area contributed by atoms with E-state index < -0.39 is 10.0 Å². The van der Waals surface area contributed by atoms with Gasteiger partial charge in [-0.05, 0) is 24.1 Å². The number of aryl methyl sites for hydroxylation is 1. The van der Waals surface area contributed by atoms with Crippen molar-refractivity contribution in [1.29, 1.82) is 0 Å². The number of nitrogens with one attached hydrogen (secondary N) is 1. The van der Waals surface area contributed by atoms with Crippen molar-refractivity contribution in [1.82, 2.24) is 0 Å². The maximum atomic E-state index is 11.8. The Kier molecular flexibility index (Phi) is 6.28. The number of anilines is 1. The van der Waals surface area contributed by atoms with Crippen LogP contribution < -0.4 is 16.2 Å². The number of carbonyl (C=O) groups is 1. The molecule has 1 atom stereocenters. The number of hydrogen-bond donors (Lipinski definition) is 3. The SMILES string of the molecule is CCc1ccc(NC(=O)CC(CN)OC)cc1S(N)(=O)=O. The van der Waals surface area contributed by atoms with Gasteiger partial charge in [-0.2, -0.15) is 0 Å². The van der Waals surface area contributed by atoms with Gasteiger partial charge in [-0.25, -0.2) is 13.6 Å². The molecule has 0 fully saturated rings. The highest BCUT2D eigenvalue weighted by Crippen LogP contribution is 2.20. The molecule has 1 amide bonds. The number of sulfonamides is 1. The highest BCUT2D eigenvalue weighted by Gasteiger charge is 2.16. The Balaban J connectivity index is 2.93. The van der Waals surface area contributed by atoms with E-state index in [0.717, 1.165) is 0 Å². The second kappa shape index (κ2) is 7.51. The highest BCUT2D eigenvalue weighted by atomic mass is 32.2. The second-order valence-corrected chi connectivity index (χ2v) is 6.10. The minimum Gasteiger partial charge on any atom is -0.380 e. The van der Waals surface area contributed by atoms with Crippen molar-refractivity contribution < 1.29 is 17.9 Å². The Bertz CT molecular complexity index is 597. The Morgan fingerprint density at radius 1 is 1.43 bits per heavy atom. The van der Waals surface area contributed by atoms with Crippen LogP contribution in [-0.4, -0.2) is 34.1 Å². The fourth-order valence-corrected chi connectivity index (χ4v) is 2.74. The van der Waals surface area contributed by atoms with E-state index >= 15 is 0 Å². The zero-order valence-electron chi connectivity index (χ0n) is 12.1. The van der Waals surface area contributed by atoms with Crippen molar-refractivity contribution in [2.24, 2.45) is 10.9 Å². The molecule has 0 radical (unpaired) electrons. The van der Waals surface area contributed by atoms with Gasteiger partial charge in [0.15, 0.2) is 0 Å². The maximum Gasteiger partial charge on any atom is 0.238 e. The lowest BCUT2D eigenvalue weighted by Crippen LogP contribution is -2.28. The average Bonchev–Trinajstić information content (AvgIpc) is 2.43. The molecule has 21 heavy (non-hydrogen) atoms. The normalized spacial score (nSPS) is 13.0. The van der Waals surface area contributed by atoms with E-state index in [1.807, 2.05) is 6.92 Å². The fourth-order valence-electron chi connectivity index (χ4n) is 1.87. The van der Waals surface area contributed by atoms with Crippen LogP contribution in [-0.2, 0) is 26.0 Å². The summed E-state index contributed by atoms with van der Waals surface area (Å²) in [4.78, 5) is 11.8. The van der Waals surface area contributed by atoms with Crippen molar-refractivity contribution >= 4 is 21.6 Å². The molecule has 0 aliphatic rings. The number of benzene rings is 1. The molecular weight excluding hydrogens is 294 g/mol. The Hall–Kier alpha value is -1.48. The molecule has 1 aromatic rings. The number of amides is 1. The number of hydrogen-bond acceptors (Lipinski definition) is 5. The summed E-state index contributed by atoms with van der Waals surface area (Å²) in [5, 5.41) is 7.79. The second-order valence-electron chi connectivity index (χ2n) is 4.57. The van der Waals surface area contributed by atoms with Crippen LogP contribution in [0.15, 0.2) is 23.1 Å². The van der Waals surface area contributed by atoms with E-state index in [0.29, 0.717) is 17.7 Å². The maximum absolute atomic E-state index is 11.8. The molecule has 0 saturated carbocycles. The predicted octanol–water partition coefficient (Wildman–Crippen LogP) is 0.199. The van der Waals surface area contributed by atoms with Gasteiger partial charge in [0.2, 0.25) is 15.9 Å². The molecule has 1 unspecified atom stereocenters. The topological polar surface area (TPSA) is 125 Å². The largest absolute Gasteiger partial charge is 0.380 e. The van der Waals surface area contributed by atoms with Crippen LogP contribution in [0.5, 0.6) is 0 Å². The lowest BCUT2D eigenvalue weighted by molar-refractivity contribution is -0.118. The third-order valence-electron chi connectivity index (χ3n) is 3.05. The van der Waals surface area contributed by atoms with Crippen molar-refractivity contribution in [3.05, 3.63) is 23.8 Å². The molecule has 0 aromatic heterocycles. The molecule has 0 aliphatic carbocycles. The summed E-state index contributed by atoms with van der Waals surface area (Å²) >= 11 is 0. The number of ether oxygens (including phenoxy) is 1. The summed E-state index contributed by atoms with van der Waals surface area (Å²) in [6.07, 6.45) is 0.240. The molecule has 0 aliphatic heterocycles. The third-order valence-corrected chi connectivity index (χ3v) is 4.04. The van der Waals surface area contributed by atoms with Crippen LogP contribution in [0.2, 0.25) is 0 Å². The zero-order chi connectivity index (χ0) is 16.0. The highest BCUT2D eigenvalue weighted by molar-refractivity contribution is 7.89. The number of carbonyl (C=O) groups excluding carboxylic acids is 1. The summed E-state index contributed by atoms with van der Waals surface area (Å²) < 4.78 is 28.1. The van der Waals surface area contributed by atoms with Gasteiger partial charge in [0.05, 0.1) is 17.4 Å². The molecule has 118 valence electrons. The fraction of sp³-hybridized carbons (Fsp3) is 0.462. The minimum atomic E-state index is -3.83. The van der Waals surface area contributed by atoms with Gasteiger partial charge in [0.1, 0.15) is 0 Å². The number of rotatable bonds is 7. The van der Waals surface area contributed by atoms with E-state index in [-0.39, 0.29) is 29.9 Å². The minimum absolute atomic E-state index is 0.0184. The van der Waals surface area contributed by atoms with Gasteiger partial charge < -0.3 is 15.8 Å². The van der Waals surface area contributed by atoms with E-state index in [2.05, 4.69) is 5.32 Å². The number of methoxy groups -OCH3 is 1. The van der Waals surface area contributed by atoms with E-state index in [9.17, 15) is 13.2 Å². The first-order valence-corrected chi connectivity index (χ1v) is 8.04. The van der Waals surface area contributed by atoms with Crippen LogP contribution in [0, 0.1) is 0 Å². The van der Waals surface area contributed by atoms with Crippen molar-refractivity contribution in [2.75, 3.05) is 19.0 Å². The summed E-state index contributed by atoms with van der Waals surface area (Å²) in [5.41, 5.74) is 6.42. The standard InChI is InChI=1S/C13H21N3O4S/c1-3-9-4-5-10(6-12(9)21(15,18)19)16-13(17)7-11(8-14)20-2/h4-6,11H,3,7-8,14H2,1-2H3,(H,16,17)(H2,15,18,19). The van der Waals surface area contributed by atoms with Gasteiger partial charge in [-0.1, -0.05) is 13.0 Å². The molecule has 0 heterocycles. The summed E-state index contributed by atoms with van der Waals surface area (Å²) in [7, 11) is -2.36. The van der Waals surface area contributed by atoms with Crippen molar-refractivity contribution in [2.45, 2.75) is 30.8 Å². The molecule has 0 spiro atoms. The van der Waals surface area contributed by atoms with Gasteiger partial charge in [-0.3, -0.25) is 4.79 Å². The first kappa shape index (κ1) is 17.6. The van der Waals surface area contributed by atoms with Gasteiger partial charge in [-0.15, -0.1) is 0 Å². The van der Waals surface area contributed by atoms with Crippen LogP contribution in [0.4, 0.5) is 5.69 Å². The molecule has 5 N–H and O–H groups in total. The summed E-state index contributed by atoms with van der Waals surface area (Å²) in [6, 6.07) is 4.62. The predicted molar refractivity (Wildman–Crippen MR) is 80.3 cm³/mol. The molecule has 1 rings (SSSR count). The zero-order valence-corrected chi connectivity index (χ0v) is 12.9. The van der Waals surface area contributed by atoms with E-state index in [4.69, 9.17) is 15.6 Å². The van der Waals surface area contributed by atoms with Crippen LogP contribution in [0.1, 0.15) is 18.9 Å². The quantitative estimate of drug-likeness (QED) is 0.663. The number of primary sulfonamides is 1.